The topological polar surface area (TPSA) is 3.24 Å². The van der Waals surface area contributed by atoms with Gasteiger partial charge in [-0.05, 0) is 13.8 Å². The number of anilines is 3. The van der Waals surface area contributed by atoms with Gasteiger partial charge in [-0.1, -0.05) is 11.1 Å². The van der Waals surface area contributed by atoms with Gasteiger partial charge in [0.15, 0.2) is 0 Å². The molecule has 0 saturated carbocycles. The maximum absolute atomic E-state index is 3.27. The van der Waals surface area contributed by atoms with Crippen LogP contribution in [0.2, 0.25) is 0 Å². The van der Waals surface area contributed by atoms with Crippen LogP contribution in [0, 0.1) is 13.8 Å². The molecule has 7 rings (SSSR count). The molecule has 46 heavy (non-hydrogen) atoms. The van der Waals surface area contributed by atoms with Crippen molar-refractivity contribution in [2.75, 3.05) is 4.90 Å². The Bertz CT molecular complexity index is 1860. The van der Waals surface area contributed by atoms with E-state index < -0.39 is 13.3 Å². The molecule has 7 aromatic carbocycles. The van der Waals surface area contributed by atoms with E-state index in [-0.39, 0.29) is 0 Å². The van der Waals surface area contributed by atoms with Gasteiger partial charge in [-0.3, -0.25) is 0 Å². The Kier molecular flexibility index (Phi) is 8.42. The Balaban J connectivity index is 1.29. The van der Waals surface area contributed by atoms with Gasteiger partial charge >= 0.3 is 252 Å². The molecule has 2 heteroatoms. The minimum absolute atomic E-state index is 1.14. The van der Waals surface area contributed by atoms with Gasteiger partial charge in [0.1, 0.15) is 0 Å². The summed E-state index contributed by atoms with van der Waals surface area (Å²) in [7, 11) is 0. The van der Waals surface area contributed by atoms with E-state index in [0.29, 0.717) is 0 Å². The molecule has 0 aliphatic carbocycles. The van der Waals surface area contributed by atoms with Crippen molar-refractivity contribution in [3.8, 4) is 11.1 Å². The van der Waals surface area contributed by atoms with Crippen LogP contribution in [0.4, 0.5) is 17.1 Å². The molecule has 0 spiro atoms. The minimum atomic E-state index is -3.27. The number of hydrogen-bond donors (Lipinski definition) is 0. The van der Waals surface area contributed by atoms with Crippen LogP contribution in [0.5, 0.6) is 0 Å². The van der Waals surface area contributed by atoms with Gasteiger partial charge in [-0.2, -0.15) is 0 Å². The molecule has 0 radical (unpaired) electrons. The van der Waals surface area contributed by atoms with E-state index in [2.05, 4.69) is 207 Å². The average Bonchev–Trinajstić information content (AvgIpc) is 3.12. The van der Waals surface area contributed by atoms with Gasteiger partial charge in [0, 0.05) is 0 Å². The van der Waals surface area contributed by atoms with Crippen LogP contribution in [0.15, 0.2) is 188 Å². The second kappa shape index (κ2) is 13.1. The summed E-state index contributed by atoms with van der Waals surface area (Å²) in [6, 6.07) is 69.4. The number of hydrogen-bond acceptors (Lipinski definition) is 1. The van der Waals surface area contributed by atoms with E-state index >= 15 is 0 Å². The first-order chi connectivity index (χ1) is 22.6. The Morgan fingerprint density at radius 2 is 0.587 bits per heavy atom. The summed E-state index contributed by atoms with van der Waals surface area (Å²) in [5.41, 5.74) is 8.38. The fraction of sp³-hybridized carbons (Fsp3) is 0.0455. The molecule has 1 nitrogen and oxygen atoms in total. The first-order valence-corrected chi connectivity index (χ1v) is 20.1. The average molecular weight is 652 g/mol. The van der Waals surface area contributed by atoms with Crippen LogP contribution >= 0.6 is 0 Å². The van der Waals surface area contributed by atoms with Crippen LogP contribution in [0.25, 0.3) is 11.1 Å². The van der Waals surface area contributed by atoms with Gasteiger partial charge in [0.25, 0.3) is 0 Å². The van der Waals surface area contributed by atoms with Gasteiger partial charge in [-0.25, -0.2) is 0 Å². The summed E-state index contributed by atoms with van der Waals surface area (Å²) in [6.07, 6.45) is 0. The standard InChI is InChI=1S/C44H37GeN/c1-34-18-28-42(29-19-34)46(43-30-20-35(2)21-31-43)44-32-24-37(25-33-44)36-22-26-41(27-23-36)45(38-12-6-3-7-13-38,39-14-8-4-9-15-39)40-16-10-5-11-17-40/h3-33H,1-2H3. The summed E-state index contributed by atoms with van der Waals surface area (Å²) < 4.78 is 5.73. The summed E-state index contributed by atoms with van der Waals surface area (Å²) >= 11 is -3.27. The van der Waals surface area contributed by atoms with Crippen molar-refractivity contribution in [2.24, 2.45) is 0 Å². The van der Waals surface area contributed by atoms with E-state index in [1.54, 1.807) is 0 Å². The number of benzene rings is 7. The molecule has 0 N–H and O–H groups in total. The second-order valence-corrected chi connectivity index (χ2v) is 20.0. The molecular weight excluding hydrogens is 615 g/mol. The monoisotopic (exact) mass is 653 g/mol. The van der Waals surface area contributed by atoms with E-state index in [1.807, 2.05) is 0 Å². The molecule has 0 fully saturated rings. The Hall–Kier alpha value is -5.12. The third-order valence-corrected chi connectivity index (χ3v) is 19.0. The Labute approximate surface area is 275 Å². The Morgan fingerprint density at radius 3 is 0.935 bits per heavy atom. The molecule has 0 bridgehead atoms. The summed E-state index contributed by atoms with van der Waals surface area (Å²) in [4.78, 5) is 2.33. The maximum atomic E-state index is 2.39. The van der Waals surface area contributed by atoms with E-state index in [4.69, 9.17) is 0 Å². The van der Waals surface area contributed by atoms with Crippen LogP contribution in [0.3, 0.4) is 0 Å². The normalized spacial score (nSPS) is 11.3. The quantitative estimate of drug-likeness (QED) is 0.148. The third kappa shape index (κ3) is 5.71. The third-order valence-electron chi connectivity index (χ3n) is 8.98. The summed E-state index contributed by atoms with van der Waals surface area (Å²) in [6.45, 7) is 4.26. The summed E-state index contributed by atoms with van der Waals surface area (Å²) in [5, 5.41) is 0. The van der Waals surface area contributed by atoms with Crippen molar-refractivity contribution in [1.29, 1.82) is 0 Å². The Morgan fingerprint density at radius 1 is 0.304 bits per heavy atom. The first kappa shape index (κ1) is 29.6. The molecule has 7 aromatic rings. The van der Waals surface area contributed by atoms with Crippen molar-refractivity contribution < 1.29 is 0 Å². The van der Waals surface area contributed by atoms with Crippen molar-refractivity contribution >= 4 is 47.9 Å². The number of rotatable bonds is 8. The molecule has 0 aromatic heterocycles. The van der Waals surface area contributed by atoms with Crippen LogP contribution in [0.1, 0.15) is 11.1 Å². The van der Waals surface area contributed by atoms with E-state index in [0.717, 1.165) is 17.1 Å². The van der Waals surface area contributed by atoms with Gasteiger partial charge in [0.05, 0.1) is 0 Å². The van der Waals surface area contributed by atoms with Crippen molar-refractivity contribution in [3.05, 3.63) is 199 Å². The van der Waals surface area contributed by atoms with Crippen LogP contribution in [-0.2, 0) is 0 Å². The molecule has 222 valence electrons. The number of nitrogens with zero attached hydrogens (tertiary/aromatic N) is 1. The van der Waals surface area contributed by atoms with Crippen molar-refractivity contribution in [1.82, 2.24) is 0 Å². The molecule has 0 unspecified atom stereocenters. The SMILES string of the molecule is Cc1ccc(N(c2ccc(C)cc2)c2ccc(-c3cc[c]([Ge]([c]4ccccc4)([c]4ccccc4)[c]4ccccc4)cc3)cc2)cc1. The van der Waals surface area contributed by atoms with Crippen LogP contribution < -0.4 is 22.5 Å². The fourth-order valence-corrected chi connectivity index (χ4v) is 16.6. The van der Waals surface area contributed by atoms with Gasteiger partial charge in [0.2, 0.25) is 0 Å². The van der Waals surface area contributed by atoms with Crippen LogP contribution in [-0.4, -0.2) is 13.3 Å². The van der Waals surface area contributed by atoms with Gasteiger partial charge in [-0.15, -0.1) is 0 Å². The zero-order chi connectivity index (χ0) is 31.3. The van der Waals surface area contributed by atoms with E-state index in [9.17, 15) is 0 Å². The summed E-state index contributed by atoms with van der Waals surface area (Å²) in [5.74, 6) is 0. The molecule has 0 heterocycles. The van der Waals surface area contributed by atoms with Crippen molar-refractivity contribution in [2.45, 2.75) is 13.8 Å². The second-order valence-electron chi connectivity index (χ2n) is 12.0. The molecule has 0 atom stereocenters. The predicted octanol–water partition coefficient (Wildman–Crippen LogP) is 8.82. The van der Waals surface area contributed by atoms with Gasteiger partial charge < -0.3 is 0 Å². The zero-order valence-electron chi connectivity index (χ0n) is 26.3. The molecule has 0 saturated heterocycles. The number of aryl methyl sites for hydroxylation is 2. The molecule has 0 aliphatic rings. The first-order valence-electron chi connectivity index (χ1n) is 15.9. The fourth-order valence-electron chi connectivity index (χ4n) is 6.61. The molecule has 0 aliphatic heterocycles. The molecular formula is C44H37GeN. The van der Waals surface area contributed by atoms with E-state index in [1.165, 1.54) is 39.8 Å². The molecule has 0 amide bonds. The predicted molar refractivity (Wildman–Crippen MR) is 200 cm³/mol. The zero-order valence-corrected chi connectivity index (χ0v) is 28.4. The van der Waals surface area contributed by atoms with Crippen molar-refractivity contribution in [3.63, 3.8) is 0 Å².